The van der Waals surface area contributed by atoms with E-state index in [9.17, 15) is 14.4 Å². The molecule has 26 heavy (non-hydrogen) atoms. The molecule has 3 N–H and O–H groups in total. The van der Waals surface area contributed by atoms with Crippen molar-refractivity contribution < 1.29 is 33.7 Å². The number of carboxylic acid groups (broad SMARTS) is 1. The van der Waals surface area contributed by atoms with E-state index in [2.05, 4.69) is 10.6 Å². The van der Waals surface area contributed by atoms with E-state index in [-0.39, 0.29) is 33.4 Å². The topological polar surface area (TPSA) is 123 Å². The predicted molar refractivity (Wildman–Crippen MR) is 90.3 cm³/mol. The molecule has 0 saturated heterocycles. The van der Waals surface area contributed by atoms with Crippen molar-refractivity contribution in [3.05, 3.63) is 34.0 Å². The van der Waals surface area contributed by atoms with Gasteiger partial charge in [0.05, 0.1) is 25.8 Å². The molecule has 0 saturated carbocycles. The minimum absolute atomic E-state index is 0.0423. The minimum atomic E-state index is -1.21. The molecule has 1 aromatic carbocycles. The number of amides is 2. The largest absolute Gasteiger partial charge is 0.493 e. The highest BCUT2D eigenvalue weighted by atomic mass is 35.5. The number of methoxy groups -OCH3 is 2. The molecule has 1 aromatic rings. The Balaban J connectivity index is 2.65. The molecular weight excluding hydrogens is 368 g/mol. The Kier molecular flexibility index (Phi) is 5.93. The van der Waals surface area contributed by atoms with E-state index >= 15 is 0 Å². The van der Waals surface area contributed by atoms with Gasteiger partial charge in [0.15, 0.2) is 18.1 Å². The quantitative estimate of drug-likeness (QED) is 0.636. The molecule has 0 aliphatic carbocycles. The van der Waals surface area contributed by atoms with Crippen LogP contribution in [0, 0.1) is 0 Å². The van der Waals surface area contributed by atoms with Crippen molar-refractivity contribution in [3.63, 3.8) is 0 Å². The number of rotatable bonds is 6. The smallest absolute Gasteiger partial charge is 0.341 e. The second kappa shape index (κ2) is 7.96. The van der Waals surface area contributed by atoms with E-state index in [0.29, 0.717) is 0 Å². The number of benzene rings is 1. The first kappa shape index (κ1) is 19.4. The van der Waals surface area contributed by atoms with E-state index in [4.69, 9.17) is 30.9 Å². The van der Waals surface area contributed by atoms with Crippen LogP contribution in [0.4, 0.5) is 4.79 Å². The van der Waals surface area contributed by atoms with Crippen molar-refractivity contribution in [2.75, 3.05) is 20.8 Å². The summed E-state index contributed by atoms with van der Waals surface area (Å²) in [6, 6.07) is 1.35. The Labute approximate surface area is 153 Å². The second-order valence-corrected chi connectivity index (χ2v) is 5.71. The summed E-state index contributed by atoms with van der Waals surface area (Å²) in [6.45, 7) is 0.887. The first-order valence-electron chi connectivity index (χ1n) is 7.37. The monoisotopic (exact) mass is 384 g/mol. The molecular formula is C16H17ClN2O7. The average molecular weight is 385 g/mol. The molecule has 0 aromatic heterocycles. The minimum Gasteiger partial charge on any atom is -0.493 e. The Morgan fingerprint density at radius 2 is 2.00 bits per heavy atom. The predicted octanol–water partition coefficient (Wildman–Crippen LogP) is 1.61. The third kappa shape index (κ3) is 3.99. The van der Waals surface area contributed by atoms with Crippen LogP contribution >= 0.6 is 11.6 Å². The summed E-state index contributed by atoms with van der Waals surface area (Å²) in [5.74, 6) is -1.69. The maximum absolute atomic E-state index is 12.2. The zero-order valence-corrected chi connectivity index (χ0v) is 15.0. The number of ether oxygens (including phenoxy) is 3. The summed E-state index contributed by atoms with van der Waals surface area (Å²) in [7, 11) is 2.56. The standard InChI is InChI=1S/C16H17ClN2O7/c1-7-12(15(22)25-3)13(19-16(23)18-7)9-4-8(17)5-10(24-2)14(9)26-6-11(20)21/h4-5,13H,6H2,1-3H3,(H,20,21)(H2,18,19,23)/t13-/m0/s1. The lowest BCUT2D eigenvalue weighted by molar-refractivity contribution is -0.139. The van der Waals surface area contributed by atoms with E-state index in [1.807, 2.05) is 0 Å². The van der Waals surface area contributed by atoms with Crippen LogP contribution in [0.2, 0.25) is 5.02 Å². The lowest BCUT2D eigenvalue weighted by Gasteiger charge is -2.29. The molecule has 2 amide bonds. The molecule has 0 unspecified atom stereocenters. The molecule has 140 valence electrons. The molecule has 0 spiro atoms. The Bertz CT molecular complexity index is 791. The number of carbonyl (C=O) groups excluding carboxylic acids is 2. The van der Waals surface area contributed by atoms with Gasteiger partial charge in [-0.05, 0) is 13.0 Å². The summed E-state index contributed by atoms with van der Waals surface area (Å²) in [5.41, 5.74) is 0.663. The van der Waals surface area contributed by atoms with E-state index < -0.39 is 30.6 Å². The van der Waals surface area contributed by atoms with E-state index in [1.165, 1.54) is 33.3 Å². The second-order valence-electron chi connectivity index (χ2n) is 5.27. The fourth-order valence-electron chi connectivity index (χ4n) is 2.55. The SMILES string of the molecule is COC(=O)C1=C(C)NC(=O)N[C@H]1c1cc(Cl)cc(OC)c1OCC(=O)O. The van der Waals surface area contributed by atoms with Crippen molar-refractivity contribution in [1.29, 1.82) is 0 Å². The van der Waals surface area contributed by atoms with Gasteiger partial charge in [0.1, 0.15) is 0 Å². The van der Waals surface area contributed by atoms with Crippen molar-refractivity contribution in [3.8, 4) is 11.5 Å². The fourth-order valence-corrected chi connectivity index (χ4v) is 2.77. The van der Waals surface area contributed by atoms with Gasteiger partial charge < -0.3 is 30.0 Å². The number of hydrogen-bond donors (Lipinski definition) is 3. The van der Waals surface area contributed by atoms with Gasteiger partial charge in [-0.2, -0.15) is 0 Å². The summed E-state index contributed by atoms with van der Waals surface area (Å²) in [6.07, 6.45) is 0. The van der Waals surface area contributed by atoms with Gasteiger partial charge in [0.25, 0.3) is 0 Å². The zero-order valence-electron chi connectivity index (χ0n) is 14.2. The third-order valence-electron chi connectivity index (χ3n) is 3.59. The van der Waals surface area contributed by atoms with Crippen molar-refractivity contribution in [2.45, 2.75) is 13.0 Å². The number of aliphatic carboxylic acids is 1. The first-order valence-corrected chi connectivity index (χ1v) is 7.74. The maximum Gasteiger partial charge on any atom is 0.341 e. The summed E-state index contributed by atoms with van der Waals surface area (Å²) in [4.78, 5) is 35.0. The number of allylic oxidation sites excluding steroid dienone is 1. The Morgan fingerprint density at radius 1 is 1.31 bits per heavy atom. The number of carbonyl (C=O) groups is 3. The van der Waals surface area contributed by atoms with Crippen LogP contribution in [0.3, 0.4) is 0 Å². The number of nitrogens with one attached hydrogen (secondary N) is 2. The molecule has 9 nitrogen and oxygen atoms in total. The maximum atomic E-state index is 12.2. The molecule has 0 radical (unpaired) electrons. The van der Waals surface area contributed by atoms with Gasteiger partial charge in [-0.25, -0.2) is 14.4 Å². The number of carboxylic acids is 1. The Morgan fingerprint density at radius 3 is 2.58 bits per heavy atom. The van der Waals surface area contributed by atoms with Crippen molar-refractivity contribution in [1.82, 2.24) is 10.6 Å². The molecule has 1 heterocycles. The zero-order chi connectivity index (χ0) is 19.4. The van der Waals surface area contributed by atoms with E-state index in [0.717, 1.165) is 0 Å². The summed E-state index contributed by atoms with van der Waals surface area (Å²) in [5, 5.41) is 14.2. The highest BCUT2D eigenvalue weighted by Gasteiger charge is 2.35. The van der Waals surface area contributed by atoms with Crippen molar-refractivity contribution >= 4 is 29.6 Å². The van der Waals surface area contributed by atoms with Crippen LogP contribution < -0.4 is 20.1 Å². The molecule has 0 fully saturated rings. The Hall–Kier alpha value is -2.94. The number of esters is 1. The number of hydrogen-bond acceptors (Lipinski definition) is 6. The van der Waals surface area contributed by atoms with Crippen LogP contribution in [0.5, 0.6) is 11.5 Å². The summed E-state index contributed by atoms with van der Waals surface area (Å²) < 4.78 is 15.3. The van der Waals surface area contributed by atoms with Crippen LogP contribution in [0.1, 0.15) is 18.5 Å². The van der Waals surface area contributed by atoms with Gasteiger partial charge in [-0.15, -0.1) is 0 Å². The van der Waals surface area contributed by atoms with Crippen LogP contribution in [0.15, 0.2) is 23.4 Å². The highest BCUT2D eigenvalue weighted by molar-refractivity contribution is 6.30. The summed E-state index contributed by atoms with van der Waals surface area (Å²) >= 11 is 6.10. The van der Waals surface area contributed by atoms with Gasteiger partial charge in [-0.1, -0.05) is 11.6 Å². The molecule has 2 rings (SSSR count). The molecule has 1 aliphatic heterocycles. The van der Waals surface area contributed by atoms with Gasteiger partial charge >= 0.3 is 18.0 Å². The molecule has 1 aliphatic rings. The van der Waals surface area contributed by atoms with Gasteiger partial charge in [-0.3, -0.25) is 0 Å². The molecule has 0 bridgehead atoms. The first-order chi connectivity index (χ1) is 12.3. The lowest BCUT2D eigenvalue weighted by Crippen LogP contribution is -2.45. The van der Waals surface area contributed by atoms with Crippen LogP contribution in [0.25, 0.3) is 0 Å². The lowest BCUT2D eigenvalue weighted by atomic mass is 9.94. The average Bonchev–Trinajstić information content (AvgIpc) is 2.58. The molecule has 10 heteroatoms. The van der Waals surface area contributed by atoms with Crippen LogP contribution in [-0.2, 0) is 14.3 Å². The normalized spacial score (nSPS) is 16.5. The van der Waals surface area contributed by atoms with E-state index in [1.54, 1.807) is 0 Å². The molecule has 1 atom stereocenters. The third-order valence-corrected chi connectivity index (χ3v) is 3.81. The number of halogens is 1. The number of urea groups is 1. The highest BCUT2D eigenvalue weighted by Crippen LogP contribution is 2.41. The van der Waals surface area contributed by atoms with Gasteiger partial charge in [0, 0.05) is 22.3 Å². The fraction of sp³-hybridized carbons (Fsp3) is 0.312. The van der Waals surface area contributed by atoms with Crippen molar-refractivity contribution in [2.24, 2.45) is 0 Å². The van der Waals surface area contributed by atoms with Crippen LogP contribution in [-0.4, -0.2) is 43.9 Å². The van der Waals surface area contributed by atoms with Gasteiger partial charge in [0.2, 0.25) is 0 Å².